The predicted octanol–water partition coefficient (Wildman–Crippen LogP) is -5.82. The molecule has 0 spiro atoms. The fourth-order valence-electron chi connectivity index (χ4n) is 2.89. The van der Waals surface area contributed by atoms with Gasteiger partial charge in [0.15, 0.2) is 15.9 Å². The number of nitrogens with zero attached hydrogens (tertiary/aromatic N) is 4. The van der Waals surface area contributed by atoms with Gasteiger partial charge >= 0.3 is 59.1 Å². The van der Waals surface area contributed by atoms with E-state index in [1.165, 1.54) is 49.4 Å². The van der Waals surface area contributed by atoms with Gasteiger partial charge in [0.05, 0.1) is 40.3 Å². The largest absolute Gasteiger partial charge is 1.00 e. The summed E-state index contributed by atoms with van der Waals surface area (Å²) in [6, 6.07) is 9.57. The molecule has 0 saturated carbocycles. The molecule has 1 atom stereocenters. The molecule has 1 unspecified atom stereocenters. The Morgan fingerprint density at radius 2 is 1.69 bits per heavy atom. The summed E-state index contributed by atoms with van der Waals surface area (Å²) in [5.41, 5.74) is 0.296. The van der Waals surface area contributed by atoms with Gasteiger partial charge in [-0.05, 0) is 37.3 Å². The minimum Gasteiger partial charge on any atom is -0.726 e. The fraction of sp³-hybridized carbons (Fsp3) is 0.211. The number of hydrogen-bond acceptors (Lipinski definition) is 12. The Balaban J connectivity index is 0.00000324. The summed E-state index contributed by atoms with van der Waals surface area (Å²) < 4.78 is 59.7. The number of sulfone groups is 1. The van der Waals surface area contributed by atoms with Gasteiger partial charge in [-0.3, -0.25) is 8.98 Å². The van der Waals surface area contributed by atoms with Crippen LogP contribution in [0.1, 0.15) is 17.3 Å². The number of benzene rings is 2. The van der Waals surface area contributed by atoms with Gasteiger partial charge < -0.3 is 14.5 Å². The van der Waals surface area contributed by atoms with Crippen LogP contribution in [0, 0.1) is 0 Å². The van der Waals surface area contributed by atoms with Crippen molar-refractivity contribution in [2.45, 2.75) is 17.9 Å². The van der Waals surface area contributed by atoms with Crippen molar-refractivity contribution in [1.29, 1.82) is 0 Å². The van der Waals surface area contributed by atoms with Gasteiger partial charge in [0.2, 0.25) is 10.4 Å². The fourth-order valence-corrected chi connectivity index (χ4v) is 4.37. The minimum absolute atomic E-state index is 0. The van der Waals surface area contributed by atoms with Crippen LogP contribution in [0.3, 0.4) is 0 Å². The number of carbonyl (C=O) groups excluding carboxylic acids is 2. The van der Waals surface area contributed by atoms with E-state index in [2.05, 4.69) is 19.5 Å². The van der Waals surface area contributed by atoms with Crippen molar-refractivity contribution in [2.75, 3.05) is 17.4 Å². The smallest absolute Gasteiger partial charge is 0.726 e. The van der Waals surface area contributed by atoms with Crippen LogP contribution in [0.25, 0.3) is 0 Å². The molecule has 17 heteroatoms. The second-order valence-corrected chi connectivity index (χ2v) is 10.0. The van der Waals surface area contributed by atoms with Gasteiger partial charge in [0.25, 0.3) is 5.91 Å². The first-order chi connectivity index (χ1) is 15.9. The van der Waals surface area contributed by atoms with Crippen molar-refractivity contribution in [3.63, 3.8) is 0 Å². The molecule has 1 amide bonds. The van der Waals surface area contributed by atoms with Gasteiger partial charge in [-0.1, -0.05) is 18.2 Å². The van der Waals surface area contributed by atoms with E-state index in [-0.39, 0.29) is 86.7 Å². The number of rotatable bonds is 9. The summed E-state index contributed by atoms with van der Waals surface area (Å²) in [4.78, 5) is 23.8. The van der Waals surface area contributed by atoms with Crippen LogP contribution >= 0.6 is 0 Å². The molecular formula is C19H16N4Na2O9S2. The molecule has 13 nitrogen and oxygen atoms in total. The quantitative estimate of drug-likeness (QED) is 0.125. The van der Waals surface area contributed by atoms with Gasteiger partial charge in [-0.25, -0.2) is 16.8 Å². The third-order valence-electron chi connectivity index (χ3n) is 4.52. The number of carboxylic acid groups (broad SMARTS) is 1. The van der Waals surface area contributed by atoms with E-state index in [1.807, 2.05) is 0 Å². The molecule has 3 rings (SSSR count). The normalized spacial score (nSPS) is 15.8. The molecule has 1 aliphatic heterocycles. The number of anilines is 1. The van der Waals surface area contributed by atoms with Crippen molar-refractivity contribution in [3.05, 3.63) is 54.1 Å². The first-order valence-electron chi connectivity index (χ1n) is 9.42. The van der Waals surface area contributed by atoms with E-state index in [0.717, 1.165) is 5.01 Å². The minimum atomic E-state index is -5.01. The standard InChI is InChI=1S/C19H18N4O9S2.2Na/c1-12-17(21-20-16-5-3-2-4-15(16)19(25)26)18(24)23(22-12)13-6-8-14(9-7-13)33(27,28)11-10-32-34(29,30)31;;/h2-9,17H,10-11H2,1H3,(H,25,26)(H,29,30,31);;/q;2*+1/p-2. The van der Waals surface area contributed by atoms with E-state index in [9.17, 15) is 36.1 Å². The molecule has 2 aromatic carbocycles. The van der Waals surface area contributed by atoms with Crippen molar-refractivity contribution >= 4 is 49.2 Å². The monoisotopic (exact) mass is 554 g/mol. The van der Waals surface area contributed by atoms with Gasteiger partial charge in [0.1, 0.15) is 0 Å². The maximum absolute atomic E-state index is 12.8. The van der Waals surface area contributed by atoms with E-state index in [1.54, 1.807) is 6.07 Å². The summed E-state index contributed by atoms with van der Waals surface area (Å²) >= 11 is 0. The van der Waals surface area contributed by atoms with E-state index >= 15 is 0 Å². The van der Waals surface area contributed by atoms with E-state index in [4.69, 9.17) is 0 Å². The molecular weight excluding hydrogens is 538 g/mol. The molecule has 0 saturated heterocycles. The van der Waals surface area contributed by atoms with Crippen LogP contribution in [0.2, 0.25) is 0 Å². The van der Waals surface area contributed by atoms with Crippen molar-refractivity contribution < 1.29 is 99.4 Å². The van der Waals surface area contributed by atoms with Gasteiger partial charge in [-0.2, -0.15) is 20.3 Å². The van der Waals surface area contributed by atoms with Crippen molar-refractivity contribution in [3.8, 4) is 0 Å². The molecule has 0 N–H and O–H groups in total. The van der Waals surface area contributed by atoms with Crippen LogP contribution in [0.4, 0.5) is 11.4 Å². The van der Waals surface area contributed by atoms with E-state index in [0.29, 0.717) is 0 Å². The number of carbonyl (C=O) groups is 2. The topological polar surface area (TPSA) is 198 Å². The third kappa shape index (κ3) is 8.24. The Bertz CT molecular complexity index is 1400. The van der Waals surface area contributed by atoms with Crippen LogP contribution in [0.5, 0.6) is 0 Å². The van der Waals surface area contributed by atoms with Crippen LogP contribution in [-0.2, 0) is 29.2 Å². The molecule has 0 aromatic heterocycles. The molecule has 2 aromatic rings. The molecule has 0 bridgehead atoms. The van der Waals surface area contributed by atoms with Gasteiger partial charge in [-0.15, -0.1) is 0 Å². The zero-order valence-electron chi connectivity index (χ0n) is 19.4. The molecule has 0 fully saturated rings. The van der Waals surface area contributed by atoms with E-state index < -0.39 is 50.5 Å². The second-order valence-electron chi connectivity index (χ2n) is 6.86. The molecule has 180 valence electrons. The van der Waals surface area contributed by atoms with Crippen LogP contribution in [-0.4, -0.2) is 57.4 Å². The zero-order valence-corrected chi connectivity index (χ0v) is 25.0. The summed E-state index contributed by atoms with van der Waals surface area (Å²) in [6.07, 6.45) is 0. The Kier molecular flexibility index (Phi) is 12.0. The number of hydrazone groups is 1. The number of amides is 1. The van der Waals surface area contributed by atoms with Crippen LogP contribution < -0.4 is 69.2 Å². The predicted molar refractivity (Wildman–Crippen MR) is 114 cm³/mol. The third-order valence-corrected chi connectivity index (χ3v) is 6.67. The molecule has 1 heterocycles. The second kappa shape index (κ2) is 13.3. The average molecular weight is 554 g/mol. The Labute approximate surface area is 251 Å². The number of carboxylic acids is 1. The maximum Gasteiger partial charge on any atom is 1.00 e. The molecule has 1 aliphatic rings. The van der Waals surface area contributed by atoms with Crippen molar-refractivity contribution in [1.82, 2.24) is 0 Å². The summed E-state index contributed by atoms with van der Waals surface area (Å²) in [5.74, 6) is -2.80. The number of aromatic carboxylic acids is 1. The molecule has 0 aliphatic carbocycles. The number of azo groups is 1. The number of hydrogen-bond donors (Lipinski definition) is 0. The SMILES string of the molecule is CC1=NN(c2ccc(S(=O)(=O)CCOS(=O)(=O)[O-])cc2)C(=O)C1N=Nc1ccccc1C(=O)[O-].[Na+].[Na+]. The summed E-state index contributed by atoms with van der Waals surface area (Å²) in [5, 5.41) is 24.0. The first-order valence-corrected chi connectivity index (χ1v) is 12.4. The average Bonchev–Trinajstić information content (AvgIpc) is 3.04. The maximum atomic E-state index is 12.8. The summed E-state index contributed by atoms with van der Waals surface area (Å²) in [7, 11) is -8.98. The Morgan fingerprint density at radius 1 is 1.08 bits per heavy atom. The zero-order chi connectivity index (χ0) is 25.1. The molecule has 36 heavy (non-hydrogen) atoms. The van der Waals surface area contributed by atoms with Crippen LogP contribution in [0.15, 0.2) is 68.8 Å². The van der Waals surface area contributed by atoms with Gasteiger partial charge in [0, 0.05) is 5.56 Å². The van der Waals surface area contributed by atoms with Crippen molar-refractivity contribution in [2.24, 2.45) is 15.3 Å². The Morgan fingerprint density at radius 3 is 2.28 bits per heavy atom. The Hall–Kier alpha value is -1.53. The molecule has 0 radical (unpaired) electrons. The summed E-state index contributed by atoms with van der Waals surface area (Å²) in [6.45, 7) is 0.687. The first kappa shape index (κ1) is 32.5.